The van der Waals surface area contributed by atoms with Gasteiger partial charge in [-0.1, -0.05) is 27.7 Å². The van der Waals surface area contributed by atoms with Crippen LogP contribution in [0.15, 0.2) is 0 Å². The van der Waals surface area contributed by atoms with Crippen LogP contribution in [0.4, 0.5) is 0 Å². The van der Waals surface area contributed by atoms with Gasteiger partial charge in [0.1, 0.15) is 0 Å². The largest absolute Gasteiger partial charge is 0.311 e. The fraction of sp³-hybridized carbons (Fsp3) is 1.00. The van der Waals surface area contributed by atoms with Crippen molar-refractivity contribution in [3.8, 4) is 0 Å². The van der Waals surface area contributed by atoms with Crippen LogP contribution in [0.2, 0.25) is 0 Å². The molecule has 0 radical (unpaired) electrons. The van der Waals surface area contributed by atoms with E-state index in [4.69, 9.17) is 0 Å². The van der Waals surface area contributed by atoms with E-state index in [2.05, 4.69) is 46.2 Å². The summed E-state index contributed by atoms with van der Waals surface area (Å²) in [7, 11) is 0. The van der Waals surface area contributed by atoms with Crippen LogP contribution in [0.1, 0.15) is 53.9 Å². The van der Waals surface area contributed by atoms with Gasteiger partial charge in [-0.25, -0.2) is 0 Å². The smallest absolute Gasteiger partial charge is 0.00744 e. The summed E-state index contributed by atoms with van der Waals surface area (Å²) in [5, 5.41) is 3.80. The van der Waals surface area contributed by atoms with Crippen LogP contribution in [-0.2, 0) is 0 Å². The normalized spacial score (nSPS) is 14.1. The third-order valence-electron chi connectivity index (χ3n) is 2.79. The molecule has 0 saturated heterocycles. The highest BCUT2D eigenvalue weighted by atomic mass is 32.2. The van der Waals surface area contributed by atoms with Crippen LogP contribution in [0.3, 0.4) is 0 Å². The van der Waals surface area contributed by atoms with Crippen molar-refractivity contribution >= 4 is 11.8 Å². The average Bonchev–Trinajstić information content (AvgIpc) is 2.12. The number of hydrogen-bond acceptors (Lipinski definition) is 2. The minimum atomic E-state index is 0.662. The molecule has 1 unspecified atom stereocenters. The van der Waals surface area contributed by atoms with Gasteiger partial charge in [0.2, 0.25) is 0 Å². The van der Waals surface area contributed by atoms with E-state index in [1.54, 1.807) is 0 Å². The third-order valence-corrected chi connectivity index (χ3v) is 3.43. The Morgan fingerprint density at radius 3 is 1.81 bits per heavy atom. The maximum Gasteiger partial charge on any atom is 0.00744 e. The van der Waals surface area contributed by atoms with Crippen LogP contribution in [-0.4, -0.2) is 24.1 Å². The molecule has 0 aliphatic carbocycles. The summed E-state index contributed by atoms with van der Waals surface area (Å²) >= 11 is 1.94. The van der Waals surface area contributed by atoms with Gasteiger partial charge in [-0.2, -0.15) is 11.8 Å². The van der Waals surface area contributed by atoms with Crippen LogP contribution >= 0.6 is 11.8 Å². The van der Waals surface area contributed by atoms with Gasteiger partial charge in [0.15, 0.2) is 0 Å². The quantitative estimate of drug-likeness (QED) is 0.654. The molecule has 1 N–H and O–H groups in total. The fourth-order valence-corrected chi connectivity index (χ4v) is 2.74. The van der Waals surface area contributed by atoms with Crippen LogP contribution < -0.4 is 5.32 Å². The molecule has 2 heteroatoms. The maximum atomic E-state index is 3.80. The van der Waals surface area contributed by atoms with Crippen LogP contribution in [0.25, 0.3) is 0 Å². The summed E-state index contributed by atoms with van der Waals surface area (Å²) in [4.78, 5) is 0. The Balaban J connectivity index is 3.98. The average molecular weight is 245 g/mol. The molecule has 0 saturated carbocycles. The van der Waals surface area contributed by atoms with Gasteiger partial charge in [0.25, 0.3) is 0 Å². The topological polar surface area (TPSA) is 12.0 Å². The highest BCUT2D eigenvalue weighted by Crippen LogP contribution is 2.14. The molecule has 0 spiro atoms. The minimum Gasteiger partial charge on any atom is -0.311 e. The molecule has 0 amide bonds. The molecule has 98 valence electrons. The van der Waals surface area contributed by atoms with Crippen molar-refractivity contribution in [2.24, 2.45) is 11.8 Å². The van der Waals surface area contributed by atoms with Crippen molar-refractivity contribution in [1.82, 2.24) is 5.32 Å². The zero-order valence-corrected chi connectivity index (χ0v) is 12.9. The van der Waals surface area contributed by atoms with E-state index in [1.807, 2.05) is 11.8 Å². The van der Waals surface area contributed by atoms with E-state index in [0.29, 0.717) is 12.1 Å². The number of hydrogen-bond donors (Lipinski definition) is 1. The molecule has 0 aromatic carbocycles. The standard InChI is InChI=1S/C14H31NS/c1-11(2)9-14(10-12(3)4)15-13(5)7-8-16-6/h11-15H,7-10H2,1-6H3. The molecule has 0 aromatic rings. The molecule has 16 heavy (non-hydrogen) atoms. The summed E-state index contributed by atoms with van der Waals surface area (Å²) in [6, 6.07) is 1.37. The predicted molar refractivity (Wildman–Crippen MR) is 78.3 cm³/mol. The second kappa shape index (κ2) is 9.35. The van der Waals surface area contributed by atoms with Gasteiger partial charge in [-0.15, -0.1) is 0 Å². The van der Waals surface area contributed by atoms with Gasteiger partial charge in [0.05, 0.1) is 0 Å². The van der Waals surface area contributed by atoms with E-state index in [0.717, 1.165) is 11.8 Å². The first-order valence-electron chi connectivity index (χ1n) is 6.70. The molecule has 0 aliphatic heterocycles. The summed E-state index contributed by atoms with van der Waals surface area (Å²) in [6.07, 6.45) is 6.09. The molecule has 0 aliphatic rings. The monoisotopic (exact) mass is 245 g/mol. The Hall–Kier alpha value is 0.310. The Morgan fingerprint density at radius 1 is 0.938 bits per heavy atom. The van der Waals surface area contributed by atoms with Gasteiger partial charge in [0, 0.05) is 12.1 Å². The van der Waals surface area contributed by atoms with E-state index in [9.17, 15) is 0 Å². The number of rotatable bonds is 9. The van der Waals surface area contributed by atoms with Crippen molar-refractivity contribution in [1.29, 1.82) is 0 Å². The fourth-order valence-electron chi connectivity index (χ4n) is 2.15. The molecule has 0 fully saturated rings. The van der Waals surface area contributed by atoms with Crippen molar-refractivity contribution < 1.29 is 0 Å². The Labute approximate surface area is 107 Å². The Kier molecular flexibility index (Phi) is 9.53. The lowest BCUT2D eigenvalue weighted by atomic mass is 9.95. The lowest BCUT2D eigenvalue weighted by Crippen LogP contribution is -2.38. The van der Waals surface area contributed by atoms with Crippen molar-refractivity contribution in [2.75, 3.05) is 12.0 Å². The highest BCUT2D eigenvalue weighted by Gasteiger charge is 2.14. The molecule has 0 aromatic heterocycles. The minimum absolute atomic E-state index is 0.662. The first-order chi connectivity index (χ1) is 7.45. The molecule has 1 nitrogen and oxygen atoms in total. The summed E-state index contributed by atoms with van der Waals surface area (Å²) < 4.78 is 0. The van der Waals surface area contributed by atoms with E-state index in [-0.39, 0.29) is 0 Å². The summed E-state index contributed by atoms with van der Waals surface area (Å²) in [5.41, 5.74) is 0. The van der Waals surface area contributed by atoms with Crippen LogP contribution in [0.5, 0.6) is 0 Å². The number of nitrogens with one attached hydrogen (secondary N) is 1. The zero-order valence-electron chi connectivity index (χ0n) is 12.0. The zero-order chi connectivity index (χ0) is 12.6. The Bertz CT molecular complexity index is 147. The maximum absolute atomic E-state index is 3.80. The lowest BCUT2D eigenvalue weighted by molar-refractivity contribution is 0.330. The lowest BCUT2D eigenvalue weighted by Gasteiger charge is -2.26. The molecule has 0 heterocycles. The van der Waals surface area contributed by atoms with Gasteiger partial charge >= 0.3 is 0 Å². The molecular formula is C14H31NS. The summed E-state index contributed by atoms with van der Waals surface area (Å²) in [6.45, 7) is 11.6. The molecule has 0 bridgehead atoms. The second-order valence-electron chi connectivity index (χ2n) is 5.81. The van der Waals surface area contributed by atoms with E-state index < -0.39 is 0 Å². The molecule has 0 rings (SSSR count). The molecule has 1 atom stereocenters. The van der Waals surface area contributed by atoms with Crippen molar-refractivity contribution in [3.05, 3.63) is 0 Å². The second-order valence-corrected chi connectivity index (χ2v) is 6.79. The summed E-state index contributed by atoms with van der Waals surface area (Å²) in [5.74, 6) is 2.86. The SMILES string of the molecule is CSCCC(C)NC(CC(C)C)CC(C)C. The predicted octanol–water partition coefficient (Wildman–Crippen LogP) is 4.18. The van der Waals surface area contributed by atoms with Gasteiger partial charge in [-0.05, 0) is 50.0 Å². The first-order valence-corrected chi connectivity index (χ1v) is 8.10. The van der Waals surface area contributed by atoms with Crippen LogP contribution in [0, 0.1) is 11.8 Å². The Morgan fingerprint density at radius 2 is 1.44 bits per heavy atom. The van der Waals surface area contributed by atoms with Crippen molar-refractivity contribution in [2.45, 2.75) is 66.0 Å². The van der Waals surface area contributed by atoms with E-state index in [1.165, 1.54) is 25.0 Å². The first kappa shape index (κ1) is 16.3. The van der Waals surface area contributed by atoms with Gasteiger partial charge in [-0.3, -0.25) is 0 Å². The highest BCUT2D eigenvalue weighted by molar-refractivity contribution is 7.98. The van der Waals surface area contributed by atoms with Gasteiger partial charge < -0.3 is 5.32 Å². The number of thioether (sulfide) groups is 1. The third kappa shape index (κ3) is 9.53. The molecular weight excluding hydrogens is 214 g/mol. The van der Waals surface area contributed by atoms with E-state index >= 15 is 0 Å². The van der Waals surface area contributed by atoms with Crippen molar-refractivity contribution in [3.63, 3.8) is 0 Å².